The summed E-state index contributed by atoms with van der Waals surface area (Å²) in [4.78, 5) is 22.1. The lowest BCUT2D eigenvalue weighted by Gasteiger charge is -2.08. The average Bonchev–Trinajstić information content (AvgIpc) is 2.27. The topological polar surface area (TPSA) is 60.2 Å². The Bertz CT molecular complexity index is 362. The van der Waals surface area contributed by atoms with Gasteiger partial charge in [-0.05, 0) is 6.42 Å². The molecule has 0 aliphatic carbocycles. The summed E-state index contributed by atoms with van der Waals surface area (Å²) in [5.41, 5.74) is 0.466. The molecule has 0 aliphatic rings. The number of nitrogens with zero attached hydrogens (tertiary/aromatic N) is 1. The standard InChI is InChI=1S/C12H15NO3/c1-2-3-9-11(14)12(13(15)16)10-7-5-4-6-8-10/h4-8,12H,2-3,9H2,1H3. The Kier molecular flexibility index (Phi) is 4.64. The van der Waals surface area contributed by atoms with Crippen LogP contribution in [0.15, 0.2) is 30.3 Å². The molecular weight excluding hydrogens is 206 g/mol. The van der Waals surface area contributed by atoms with Crippen LogP contribution in [0.2, 0.25) is 0 Å². The summed E-state index contributed by atoms with van der Waals surface area (Å²) in [6.45, 7) is 1.96. The van der Waals surface area contributed by atoms with E-state index in [9.17, 15) is 14.9 Å². The molecule has 0 saturated heterocycles. The second kappa shape index (κ2) is 6.00. The molecule has 4 nitrogen and oxygen atoms in total. The van der Waals surface area contributed by atoms with E-state index in [1.165, 1.54) is 0 Å². The van der Waals surface area contributed by atoms with Crippen LogP contribution in [0.5, 0.6) is 0 Å². The Morgan fingerprint density at radius 1 is 1.38 bits per heavy atom. The molecule has 4 heteroatoms. The molecule has 16 heavy (non-hydrogen) atoms. The highest BCUT2D eigenvalue weighted by atomic mass is 16.6. The maximum Gasteiger partial charge on any atom is 0.295 e. The molecule has 1 aromatic rings. The van der Waals surface area contributed by atoms with Gasteiger partial charge in [0.05, 0.1) is 0 Å². The van der Waals surface area contributed by atoms with Crippen LogP contribution < -0.4 is 0 Å². The van der Waals surface area contributed by atoms with Gasteiger partial charge in [-0.25, -0.2) is 0 Å². The van der Waals surface area contributed by atoms with Crippen molar-refractivity contribution in [3.8, 4) is 0 Å². The minimum atomic E-state index is -1.20. The van der Waals surface area contributed by atoms with E-state index in [4.69, 9.17) is 0 Å². The molecule has 0 bridgehead atoms. The smallest absolute Gasteiger partial charge is 0.292 e. The number of hydrogen-bond donors (Lipinski definition) is 0. The SMILES string of the molecule is CCCCC(=O)C(c1ccccc1)[N+](=O)[O-]. The van der Waals surface area contributed by atoms with Gasteiger partial charge in [0.15, 0.2) is 0 Å². The van der Waals surface area contributed by atoms with Crippen molar-refractivity contribution in [2.75, 3.05) is 0 Å². The Balaban J connectivity index is 2.84. The Morgan fingerprint density at radius 3 is 2.50 bits per heavy atom. The van der Waals surface area contributed by atoms with E-state index in [2.05, 4.69) is 0 Å². The second-order valence-electron chi connectivity index (χ2n) is 3.67. The fourth-order valence-corrected chi connectivity index (χ4v) is 1.55. The molecule has 1 atom stereocenters. The zero-order valence-electron chi connectivity index (χ0n) is 9.26. The first-order valence-corrected chi connectivity index (χ1v) is 5.38. The van der Waals surface area contributed by atoms with Gasteiger partial charge in [-0.2, -0.15) is 0 Å². The molecule has 0 aliphatic heterocycles. The predicted molar refractivity (Wildman–Crippen MR) is 60.7 cm³/mol. The quantitative estimate of drug-likeness (QED) is 0.548. The summed E-state index contributed by atoms with van der Waals surface area (Å²) in [5, 5.41) is 10.9. The van der Waals surface area contributed by atoms with E-state index in [-0.39, 0.29) is 12.2 Å². The Morgan fingerprint density at radius 2 is 2.00 bits per heavy atom. The second-order valence-corrected chi connectivity index (χ2v) is 3.67. The van der Waals surface area contributed by atoms with Gasteiger partial charge in [-0.15, -0.1) is 0 Å². The van der Waals surface area contributed by atoms with Crippen LogP contribution in [-0.2, 0) is 4.79 Å². The molecule has 0 fully saturated rings. The summed E-state index contributed by atoms with van der Waals surface area (Å²) < 4.78 is 0. The first kappa shape index (κ1) is 12.4. The predicted octanol–water partition coefficient (Wildman–Crippen LogP) is 2.76. The molecule has 86 valence electrons. The van der Waals surface area contributed by atoms with E-state index >= 15 is 0 Å². The molecule has 0 heterocycles. The van der Waals surface area contributed by atoms with Crippen molar-refractivity contribution in [1.82, 2.24) is 0 Å². The van der Waals surface area contributed by atoms with Gasteiger partial charge < -0.3 is 0 Å². The highest BCUT2D eigenvalue weighted by molar-refractivity contribution is 5.84. The fraction of sp³-hybridized carbons (Fsp3) is 0.417. The third-order valence-electron chi connectivity index (χ3n) is 2.41. The maximum absolute atomic E-state index is 11.7. The molecule has 1 unspecified atom stereocenters. The summed E-state index contributed by atoms with van der Waals surface area (Å²) in [6.07, 6.45) is 1.85. The highest BCUT2D eigenvalue weighted by Gasteiger charge is 2.30. The number of rotatable bonds is 6. The molecule has 0 saturated carbocycles. The van der Waals surface area contributed by atoms with Gasteiger partial charge in [-0.3, -0.25) is 14.9 Å². The van der Waals surface area contributed by atoms with E-state index in [0.29, 0.717) is 12.0 Å². The lowest BCUT2D eigenvalue weighted by Crippen LogP contribution is -2.20. The van der Waals surface area contributed by atoms with Gasteiger partial charge in [0, 0.05) is 16.9 Å². The zero-order chi connectivity index (χ0) is 12.0. The third kappa shape index (κ3) is 3.15. The molecule has 1 rings (SSSR count). The summed E-state index contributed by atoms with van der Waals surface area (Å²) in [5.74, 6) is -0.307. The Labute approximate surface area is 94.4 Å². The summed E-state index contributed by atoms with van der Waals surface area (Å²) in [7, 11) is 0. The highest BCUT2D eigenvalue weighted by Crippen LogP contribution is 2.19. The lowest BCUT2D eigenvalue weighted by atomic mass is 10.00. The van der Waals surface area contributed by atoms with Crippen molar-refractivity contribution in [3.05, 3.63) is 46.0 Å². The van der Waals surface area contributed by atoms with Crippen molar-refractivity contribution in [1.29, 1.82) is 0 Å². The van der Waals surface area contributed by atoms with Crippen LogP contribution >= 0.6 is 0 Å². The number of carbonyl (C=O) groups excluding carboxylic acids is 1. The number of carbonyl (C=O) groups is 1. The Hall–Kier alpha value is -1.71. The number of benzene rings is 1. The molecular formula is C12H15NO3. The molecule has 0 spiro atoms. The summed E-state index contributed by atoms with van der Waals surface area (Å²) in [6, 6.07) is 7.23. The van der Waals surface area contributed by atoms with Crippen LogP contribution in [0, 0.1) is 10.1 Å². The van der Waals surface area contributed by atoms with Gasteiger partial charge in [0.25, 0.3) is 6.04 Å². The molecule has 0 amide bonds. The van der Waals surface area contributed by atoms with Crippen molar-refractivity contribution < 1.29 is 9.72 Å². The molecule has 0 aromatic heterocycles. The van der Waals surface area contributed by atoms with Crippen LogP contribution in [0.4, 0.5) is 0 Å². The van der Waals surface area contributed by atoms with Crippen molar-refractivity contribution in [3.63, 3.8) is 0 Å². The van der Waals surface area contributed by atoms with Crippen molar-refractivity contribution >= 4 is 5.78 Å². The number of unbranched alkanes of at least 4 members (excludes halogenated alkanes) is 1. The molecule has 1 aromatic carbocycles. The van der Waals surface area contributed by atoms with E-state index in [1.54, 1.807) is 30.3 Å². The van der Waals surface area contributed by atoms with Crippen LogP contribution in [0.25, 0.3) is 0 Å². The van der Waals surface area contributed by atoms with Gasteiger partial charge in [0.2, 0.25) is 5.78 Å². The van der Waals surface area contributed by atoms with Crippen LogP contribution in [0.1, 0.15) is 37.8 Å². The van der Waals surface area contributed by atoms with E-state index in [0.717, 1.165) is 6.42 Å². The normalized spacial score (nSPS) is 12.1. The monoisotopic (exact) mass is 221 g/mol. The maximum atomic E-state index is 11.7. The first-order valence-electron chi connectivity index (χ1n) is 5.38. The lowest BCUT2D eigenvalue weighted by molar-refractivity contribution is -0.513. The minimum Gasteiger partial charge on any atom is -0.292 e. The molecule has 0 N–H and O–H groups in total. The van der Waals surface area contributed by atoms with Crippen LogP contribution in [-0.4, -0.2) is 10.7 Å². The summed E-state index contributed by atoms with van der Waals surface area (Å²) >= 11 is 0. The van der Waals surface area contributed by atoms with Gasteiger partial charge in [-0.1, -0.05) is 43.7 Å². The average molecular weight is 221 g/mol. The van der Waals surface area contributed by atoms with E-state index < -0.39 is 11.0 Å². The number of Topliss-reactive ketones (excluding diaryl/α,β-unsaturated/α-hetero) is 1. The van der Waals surface area contributed by atoms with Crippen LogP contribution in [0.3, 0.4) is 0 Å². The van der Waals surface area contributed by atoms with Gasteiger partial charge in [0.1, 0.15) is 0 Å². The third-order valence-corrected chi connectivity index (χ3v) is 2.41. The number of ketones is 1. The fourth-order valence-electron chi connectivity index (χ4n) is 1.55. The zero-order valence-corrected chi connectivity index (χ0v) is 9.26. The van der Waals surface area contributed by atoms with Crippen molar-refractivity contribution in [2.24, 2.45) is 0 Å². The number of nitro groups is 1. The number of hydrogen-bond acceptors (Lipinski definition) is 3. The van der Waals surface area contributed by atoms with E-state index in [1.807, 2.05) is 6.92 Å². The largest absolute Gasteiger partial charge is 0.295 e. The molecule has 0 radical (unpaired) electrons. The minimum absolute atomic E-state index is 0.275. The first-order chi connectivity index (χ1) is 7.66. The van der Waals surface area contributed by atoms with Crippen molar-refractivity contribution in [2.45, 2.75) is 32.2 Å². The van der Waals surface area contributed by atoms with Gasteiger partial charge >= 0.3 is 0 Å².